The summed E-state index contributed by atoms with van der Waals surface area (Å²) in [6.07, 6.45) is 1.33. The average Bonchev–Trinajstić information content (AvgIpc) is 3.98. The van der Waals surface area contributed by atoms with Crippen LogP contribution in [0.2, 0.25) is 5.02 Å². The van der Waals surface area contributed by atoms with Crippen molar-refractivity contribution in [3.63, 3.8) is 0 Å². The van der Waals surface area contributed by atoms with Gasteiger partial charge in [0.1, 0.15) is 23.9 Å². The van der Waals surface area contributed by atoms with Crippen molar-refractivity contribution in [3.8, 4) is 0 Å². The predicted molar refractivity (Wildman–Crippen MR) is 254 cm³/mol. The van der Waals surface area contributed by atoms with Crippen LogP contribution >= 0.6 is 34.7 Å². The standard InChI is InChI=1S/C45H64ClN9O9S2/c1-26(2)39-43(63)52-34(23-38(47)59)37(58)21-29(44(64)55-16-4-10-36(55)42(62)51-31(24-56)7-3-15-50-45(48)49)25-65-17-5-8-32(57)20-28(19-27-11-13-30(46)14-12-27)40(60)53-35(41(61)54-39)22-33-9-6-18-66-33/h6,9,11-14,18,26,28-29,31,34-36,39,56H,3-5,7-8,10,15-17,19-25H2,1-2H3,(H2,47,59)(H,51,62)(H,52,63)(H,53,60)(H,54,61)(H4,48,49,50)/t28-,29+,31+,34+,35+,36+,39+/m1/s1. The number of rotatable bonds is 15. The zero-order valence-electron chi connectivity index (χ0n) is 37.5. The van der Waals surface area contributed by atoms with Gasteiger partial charge in [0.25, 0.3) is 0 Å². The van der Waals surface area contributed by atoms with Crippen molar-refractivity contribution >= 4 is 87.7 Å². The largest absolute Gasteiger partial charge is 0.394 e. The van der Waals surface area contributed by atoms with E-state index in [-0.39, 0.29) is 56.3 Å². The SMILES string of the molecule is CC(C)[C@@H]1NC(=O)[C@H](Cc2cccs2)NC(=O)[C@H](Cc2ccc(Cl)cc2)CC(=O)CCCSC[C@@H](C(=O)N2CCC[C@H]2C(=O)N[C@H](CO)CCCN=C(N)N)CC(=O)[C@H](CC(N)=O)NC1=O. The lowest BCUT2D eigenvalue weighted by atomic mass is 9.91. The fourth-order valence-electron chi connectivity index (χ4n) is 7.95. The molecule has 2 fully saturated rings. The van der Waals surface area contributed by atoms with Gasteiger partial charge in [0.15, 0.2) is 11.7 Å². The molecule has 6 amide bonds. The van der Waals surface area contributed by atoms with Gasteiger partial charge in [-0.05, 0) is 79.3 Å². The fraction of sp³-hybridized carbons (Fsp3) is 0.578. The van der Waals surface area contributed by atoms with E-state index in [1.165, 1.54) is 28.0 Å². The van der Waals surface area contributed by atoms with Crippen LogP contribution in [-0.4, -0.2) is 124 Å². The summed E-state index contributed by atoms with van der Waals surface area (Å²) in [6, 6.07) is 5.15. The van der Waals surface area contributed by atoms with E-state index in [4.69, 9.17) is 28.8 Å². The Kier molecular flexibility index (Phi) is 21.9. The second-order valence-corrected chi connectivity index (χ2v) is 19.8. The normalized spacial score (nSPS) is 23.6. The number of guanidine groups is 1. The van der Waals surface area contributed by atoms with E-state index in [0.29, 0.717) is 49.4 Å². The molecule has 1 aromatic heterocycles. The van der Waals surface area contributed by atoms with Crippen molar-refractivity contribution in [1.29, 1.82) is 0 Å². The third-order valence-electron chi connectivity index (χ3n) is 11.5. The number of hydrogen-bond donors (Lipinski definition) is 8. The molecule has 0 saturated carbocycles. The third kappa shape index (κ3) is 17.3. The number of benzene rings is 1. The summed E-state index contributed by atoms with van der Waals surface area (Å²) < 4.78 is 0. The molecule has 1 aromatic carbocycles. The number of halogens is 1. The average molecular weight is 975 g/mol. The van der Waals surface area contributed by atoms with Crippen molar-refractivity contribution in [2.45, 2.75) is 115 Å². The van der Waals surface area contributed by atoms with E-state index in [1.54, 1.807) is 44.2 Å². The van der Waals surface area contributed by atoms with Crippen LogP contribution in [0, 0.1) is 17.8 Å². The van der Waals surface area contributed by atoms with Crippen LogP contribution in [0.3, 0.4) is 0 Å². The van der Waals surface area contributed by atoms with Crippen LogP contribution in [0.15, 0.2) is 46.8 Å². The van der Waals surface area contributed by atoms with Gasteiger partial charge < -0.3 is 48.5 Å². The number of thiophene rings is 1. The Morgan fingerprint density at radius 2 is 1.67 bits per heavy atom. The van der Waals surface area contributed by atoms with Gasteiger partial charge in [-0.15, -0.1) is 11.3 Å². The monoisotopic (exact) mass is 973 g/mol. The number of thioether (sulfide) groups is 1. The molecule has 11 N–H and O–H groups in total. The number of likely N-dealkylation sites (tertiary alicyclic amines) is 1. The number of aliphatic hydroxyl groups is 1. The summed E-state index contributed by atoms with van der Waals surface area (Å²) in [4.78, 5) is 117. The Morgan fingerprint density at radius 3 is 2.32 bits per heavy atom. The number of carbonyl (C=O) groups excluding carboxylic acids is 8. The topological polar surface area (TPSA) is 299 Å². The van der Waals surface area contributed by atoms with Gasteiger partial charge in [-0.3, -0.25) is 43.3 Å². The summed E-state index contributed by atoms with van der Waals surface area (Å²) in [7, 11) is 0. The van der Waals surface area contributed by atoms with Crippen LogP contribution in [0.5, 0.6) is 0 Å². The fourth-order valence-corrected chi connectivity index (χ4v) is 9.89. The minimum Gasteiger partial charge on any atom is -0.394 e. The quantitative estimate of drug-likeness (QED) is 0.0714. The lowest BCUT2D eigenvalue weighted by Crippen LogP contribution is -2.58. The smallest absolute Gasteiger partial charge is 0.243 e. The Hall–Kier alpha value is -5.05. The maximum atomic E-state index is 14.5. The minimum absolute atomic E-state index is 0.0738. The summed E-state index contributed by atoms with van der Waals surface area (Å²) in [6.45, 7) is 3.53. The molecule has 0 unspecified atom stereocenters. The van der Waals surface area contributed by atoms with Crippen LogP contribution in [0.25, 0.3) is 0 Å². The first-order chi connectivity index (χ1) is 31.4. The summed E-state index contributed by atoms with van der Waals surface area (Å²) in [5, 5.41) is 23.4. The molecule has 0 radical (unpaired) electrons. The van der Waals surface area contributed by atoms with Crippen molar-refractivity contribution in [1.82, 2.24) is 26.2 Å². The van der Waals surface area contributed by atoms with Crippen LogP contribution < -0.4 is 38.5 Å². The molecule has 2 aliphatic rings. The number of nitrogens with one attached hydrogen (secondary N) is 4. The Bertz CT molecular complexity index is 2020. The number of nitrogens with zero attached hydrogens (tertiary/aromatic N) is 2. The van der Waals surface area contributed by atoms with E-state index in [2.05, 4.69) is 26.3 Å². The number of primary amides is 1. The second-order valence-electron chi connectivity index (χ2n) is 17.1. The van der Waals surface area contributed by atoms with Gasteiger partial charge in [0, 0.05) is 60.3 Å². The maximum Gasteiger partial charge on any atom is 0.243 e. The van der Waals surface area contributed by atoms with E-state index in [9.17, 15) is 43.5 Å². The zero-order valence-corrected chi connectivity index (χ0v) is 39.9. The number of Topliss-reactive ketones (excluding diaryl/α,β-unsaturated/α-hetero) is 2. The van der Waals surface area contributed by atoms with Crippen LogP contribution in [0.4, 0.5) is 0 Å². The lowest BCUT2D eigenvalue weighted by molar-refractivity contribution is -0.143. The van der Waals surface area contributed by atoms with E-state index < -0.39 is 102 Å². The molecular weight excluding hydrogens is 910 g/mol. The third-order valence-corrected chi connectivity index (χ3v) is 13.9. The highest BCUT2D eigenvalue weighted by Crippen LogP contribution is 2.26. The van der Waals surface area contributed by atoms with E-state index in [1.807, 2.05) is 11.4 Å². The highest BCUT2D eigenvalue weighted by atomic mass is 35.5. The molecule has 66 heavy (non-hydrogen) atoms. The molecule has 7 atom stereocenters. The van der Waals surface area contributed by atoms with Gasteiger partial charge in [0.05, 0.1) is 31.0 Å². The van der Waals surface area contributed by atoms with Gasteiger partial charge >= 0.3 is 0 Å². The van der Waals surface area contributed by atoms with Crippen LogP contribution in [-0.2, 0) is 51.2 Å². The highest BCUT2D eigenvalue weighted by molar-refractivity contribution is 7.99. The van der Waals surface area contributed by atoms with Gasteiger partial charge in [-0.2, -0.15) is 11.8 Å². The lowest BCUT2D eigenvalue weighted by Gasteiger charge is -2.30. The number of amides is 6. The van der Waals surface area contributed by atoms with Gasteiger partial charge in [0.2, 0.25) is 35.4 Å². The molecule has 21 heteroatoms. The summed E-state index contributed by atoms with van der Waals surface area (Å²) >= 11 is 8.85. The Morgan fingerprint density at radius 1 is 0.939 bits per heavy atom. The first kappa shape index (κ1) is 53.6. The van der Waals surface area contributed by atoms with E-state index >= 15 is 0 Å². The Labute approximate surface area is 398 Å². The Balaban J connectivity index is 1.63. The predicted octanol–water partition coefficient (Wildman–Crippen LogP) is 1.37. The first-order valence-corrected chi connectivity index (χ1v) is 24.7. The summed E-state index contributed by atoms with van der Waals surface area (Å²) in [5.41, 5.74) is 17.1. The van der Waals surface area contributed by atoms with Crippen molar-refractivity contribution in [2.75, 3.05) is 31.2 Å². The molecule has 2 aliphatic heterocycles. The molecular formula is C45H64ClN9O9S2. The van der Waals surface area contributed by atoms with Crippen molar-refractivity contribution < 1.29 is 43.5 Å². The molecule has 18 nitrogen and oxygen atoms in total. The highest BCUT2D eigenvalue weighted by Gasteiger charge is 2.40. The van der Waals surface area contributed by atoms with Crippen molar-refractivity contribution in [3.05, 3.63) is 57.2 Å². The minimum atomic E-state index is -1.46. The maximum absolute atomic E-state index is 14.5. The number of carbonyl (C=O) groups is 8. The zero-order chi connectivity index (χ0) is 48.3. The number of hydrogen-bond acceptors (Lipinski definition) is 12. The molecule has 3 heterocycles. The van der Waals surface area contributed by atoms with E-state index in [0.717, 1.165) is 10.4 Å². The first-order valence-electron chi connectivity index (χ1n) is 22.3. The number of aliphatic hydroxyl groups excluding tert-OH is 1. The van der Waals surface area contributed by atoms with Gasteiger partial charge in [-0.1, -0.05) is 43.6 Å². The molecule has 2 aromatic rings. The molecule has 2 saturated heterocycles. The van der Waals surface area contributed by atoms with Gasteiger partial charge in [-0.25, -0.2) is 0 Å². The number of nitrogens with two attached hydrogens (primary N) is 3. The summed E-state index contributed by atoms with van der Waals surface area (Å²) in [5.74, 6) is -6.66. The molecule has 362 valence electrons. The molecule has 4 rings (SSSR count). The molecule has 0 spiro atoms. The number of aliphatic imine (C=N–C) groups is 1. The second kappa shape index (κ2) is 26.9. The van der Waals surface area contributed by atoms with Crippen LogP contribution in [0.1, 0.15) is 82.1 Å². The van der Waals surface area contributed by atoms with Crippen molar-refractivity contribution in [2.24, 2.45) is 39.9 Å². The number of ketones is 2. The molecule has 0 bridgehead atoms. The molecule has 0 aliphatic carbocycles.